The van der Waals surface area contributed by atoms with Crippen LogP contribution in [0.1, 0.15) is 12.0 Å². The molecule has 11 heteroatoms. The third-order valence-electron chi connectivity index (χ3n) is 5.83. The first kappa shape index (κ1) is 25.7. The van der Waals surface area contributed by atoms with Gasteiger partial charge in [0.1, 0.15) is 12.1 Å². The maximum absolute atomic E-state index is 12.4. The molecule has 1 aliphatic rings. The lowest BCUT2D eigenvalue weighted by atomic mass is 10.1. The Bertz CT molecular complexity index is 1100. The van der Waals surface area contributed by atoms with Gasteiger partial charge in [0.2, 0.25) is 5.91 Å². The van der Waals surface area contributed by atoms with Crippen molar-refractivity contribution in [3.63, 3.8) is 0 Å². The van der Waals surface area contributed by atoms with Crippen molar-refractivity contribution in [3.05, 3.63) is 48.4 Å². The summed E-state index contributed by atoms with van der Waals surface area (Å²) in [6.45, 7) is 3.59. The fraction of sp³-hybridized carbons (Fsp3) is 0.435. The molecule has 0 saturated carbocycles. The number of carbonyl (C=O) groups excluding carboxylic acids is 1. The Labute approximate surface area is 216 Å². The summed E-state index contributed by atoms with van der Waals surface area (Å²) < 4.78 is 1.72. The van der Waals surface area contributed by atoms with Crippen LogP contribution in [0.3, 0.4) is 0 Å². The Morgan fingerprint density at radius 3 is 2.79 bits per heavy atom. The van der Waals surface area contributed by atoms with E-state index < -0.39 is 0 Å². The van der Waals surface area contributed by atoms with Gasteiger partial charge in [-0.1, -0.05) is 30.3 Å². The number of aromatic nitrogens is 4. The molecule has 1 atom stereocenters. The highest BCUT2D eigenvalue weighted by atomic mass is 127. The number of halogens is 1. The Morgan fingerprint density at radius 1 is 1.18 bits per heavy atom. The first-order valence-electron chi connectivity index (χ1n) is 11.3. The average molecular weight is 577 g/mol. The lowest BCUT2D eigenvalue weighted by Crippen LogP contribution is -2.42. The minimum absolute atomic E-state index is 0. The molecular formula is C23H32IN9O. The Kier molecular flexibility index (Phi) is 9.42. The largest absolute Gasteiger partial charge is 0.368 e. The number of anilines is 1. The van der Waals surface area contributed by atoms with Gasteiger partial charge in [-0.05, 0) is 12.0 Å². The lowest BCUT2D eigenvalue weighted by molar-refractivity contribution is -0.127. The fourth-order valence-electron chi connectivity index (χ4n) is 4.04. The minimum atomic E-state index is 0. The van der Waals surface area contributed by atoms with Crippen LogP contribution in [0.2, 0.25) is 0 Å². The summed E-state index contributed by atoms with van der Waals surface area (Å²) in [5, 5.41) is 15.1. The lowest BCUT2D eigenvalue weighted by Gasteiger charge is -2.18. The molecule has 182 valence electrons. The average Bonchev–Trinajstić information content (AvgIpc) is 3.40. The zero-order chi connectivity index (χ0) is 23.0. The summed E-state index contributed by atoms with van der Waals surface area (Å²) in [4.78, 5) is 27.2. The fourth-order valence-corrected chi connectivity index (χ4v) is 4.04. The Hall–Kier alpha value is -2.96. The van der Waals surface area contributed by atoms with Crippen molar-refractivity contribution in [2.24, 2.45) is 18.0 Å². The molecule has 0 spiro atoms. The second-order valence-corrected chi connectivity index (χ2v) is 8.18. The number of aliphatic imine (C=N–C) groups is 1. The number of likely N-dealkylation sites (tertiary alicyclic amines) is 1. The molecule has 10 nitrogen and oxygen atoms in total. The minimum Gasteiger partial charge on any atom is -0.368 e. The van der Waals surface area contributed by atoms with E-state index >= 15 is 0 Å². The molecule has 34 heavy (non-hydrogen) atoms. The van der Waals surface area contributed by atoms with Crippen molar-refractivity contribution >= 4 is 52.7 Å². The van der Waals surface area contributed by atoms with Gasteiger partial charge in [-0.3, -0.25) is 14.5 Å². The normalized spacial score (nSPS) is 15.9. The summed E-state index contributed by atoms with van der Waals surface area (Å²) in [7, 11) is 3.61. The standard InChI is InChI=1S/C23H31N9O.HI/c1-24-23(26-10-9-25-21-19-14-30-31(2)22(19)29-16-28-21)27-13-18-12-20(33)32(15-18)11-8-17-6-4-3-5-7-17;/h3-7,14,16,18H,8-13,15H2,1-2H3,(H2,24,26,27)(H,25,28,29);1H. The maximum atomic E-state index is 12.4. The number of guanidine groups is 1. The zero-order valence-electron chi connectivity index (χ0n) is 19.6. The van der Waals surface area contributed by atoms with Crippen molar-refractivity contribution in [3.8, 4) is 0 Å². The van der Waals surface area contributed by atoms with Gasteiger partial charge < -0.3 is 20.9 Å². The van der Waals surface area contributed by atoms with Crippen molar-refractivity contribution in [2.45, 2.75) is 12.8 Å². The van der Waals surface area contributed by atoms with Crippen LogP contribution in [-0.2, 0) is 18.3 Å². The smallest absolute Gasteiger partial charge is 0.223 e. The van der Waals surface area contributed by atoms with Crippen molar-refractivity contribution < 1.29 is 4.79 Å². The number of rotatable bonds is 9. The topological polar surface area (TPSA) is 112 Å². The number of carbonyl (C=O) groups is 1. The number of benzene rings is 1. The zero-order valence-corrected chi connectivity index (χ0v) is 21.9. The molecule has 4 rings (SSSR count). The SMILES string of the molecule is CN=C(NCCNc1ncnc2c1cnn2C)NCC1CC(=O)N(CCc2ccccc2)C1.I. The number of hydrogen-bond donors (Lipinski definition) is 3. The number of fused-ring (bicyclic) bond motifs is 1. The molecule has 1 saturated heterocycles. The third kappa shape index (κ3) is 6.55. The van der Waals surface area contributed by atoms with E-state index in [0.29, 0.717) is 26.1 Å². The van der Waals surface area contributed by atoms with Crippen LogP contribution in [-0.4, -0.2) is 76.3 Å². The second kappa shape index (κ2) is 12.5. The molecule has 3 N–H and O–H groups in total. The van der Waals surface area contributed by atoms with E-state index in [1.807, 2.05) is 30.1 Å². The van der Waals surface area contributed by atoms with E-state index in [1.54, 1.807) is 17.9 Å². The van der Waals surface area contributed by atoms with Crippen molar-refractivity contribution in [1.82, 2.24) is 35.3 Å². The van der Waals surface area contributed by atoms with E-state index in [9.17, 15) is 4.79 Å². The number of aryl methyl sites for hydroxylation is 1. The Morgan fingerprint density at radius 2 is 2.00 bits per heavy atom. The van der Waals surface area contributed by atoms with Gasteiger partial charge in [0.15, 0.2) is 11.6 Å². The summed E-state index contributed by atoms with van der Waals surface area (Å²) in [5.74, 6) is 2.00. The number of nitrogens with zero attached hydrogens (tertiary/aromatic N) is 6. The van der Waals surface area contributed by atoms with Crippen LogP contribution in [0.15, 0.2) is 47.8 Å². The molecule has 1 unspecified atom stereocenters. The predicted octanol–water partition coefficient (Wildman–Crippen LogP) is 1.65. The molecule has 0 radical (unpaired) electrons. The first-order valence-corrected chi connectivity index (χ1v) is 11.3. The van der Waals surface area contributed by atoms with Crippen molar-refractivity contribution in [1.29, 1.82) is 0 Å². The number of hydrogen-bond acceptors (Lipinski definition) is 6. The van der Waals surface area contributed by atoms with Gasteiger partial charge in [0.05, 0.1) is 11.6 Å². The first-order chi connectivity index (χ1) is 16.1. The van der Waals surface area contributed by atoms with Gasteiger partial charge in [0.25, 0.3) is 0 Å². The third-order valence-corrected chi connectivity index (χ3v) is 5.83. The summed E-state index contributed by atoms with van der Waals surface area (Å²) in [6.07, 6.45) is 4.76. The van der Waals surface area contributed by atoms with Gasteiger partial charge in [-0.15, -0.1) is 24.0 Å². The van der Waals surface area contributed by atoms with E-state index in [4.69, 9.17) is 0 Å². The van der Waals surface area contributed by atoms with Gasteiger partial charge in [-0.2, -0.15) is 5.10 Å². The highest BCUT2D eigenvalue weighted by Crippen LogP contribution is 2.18. The molecule has 0 aliphatic carbocycles. The highest BCUT2D eigenvalue weighted by Gasteiger charge is 2.29. The van der Waals surface area contributed by atoms with E-state index in [-0.39, 0.29) is 35.8 Å². The molecule has 2 aromatic heterocycles. The molecule has 1 aliphatic heterocycles. The molecule has 0 bridgehead atoms. The summed E-state index contributed by atoms with van der Waals surface area (Å²) in [6, 6.07) is 10.3. The quantitative estimate of drug-likeness (QED) is 0.154. The Balaban J connectivity index is 0.00000324. The monoisotopic (exact) mass is 577 g/mol. The van der Waals surface area contributed by atoms with Crippen LogP contribution in [0.4, 0.5) is 5.82 Å². The van der Waals surface area contributed by atoms with Crippen LogP contribution < -0.4 is 16.0 Å². The molecule has 1 aromatic carbocycles. The van der Waals surface area contributed by atoms with Gasteiger partial charge in [0, 0.05) is 59.2 Å². The maximum Gasteiger partial charge on any atom is 0.223 e. The molecule has 1 amide bonds. The van der Waals surface area contributed by atoms with Crippen LogP contribution in [0.5, 0.6) is 0 Å². The van der Waals surface area contributed by atoms with E-state index in [2.05, 4.69) is 48.1 Å². The highest BCUT2D eigenvalue weighted by molar-refractivity contribution is 14.0. The predicted molar refractivity (Wildman–Crippen MR) is 144 cm³/mol. The summed E-state index contributed by atoms with van der Waals surface area (Å²) in [5.41, 5.74) is 2.05. The molecule has 3 aromatic rings. The second-order valence-electron chi connectivity index (χ2n) is 8.18. The number of nitrogens with one attached hydrogen (secondary N) is 3. The van der Waals surface area contributed by atoms with Gasteiger partial charge in [-0.25, -0.2) is 9.97 Å². The van der Waals surface area contributed by atoms with Crippen LogP contribution in [0, 0.1) is 5.92 Å². The molecular weight excluding hydrogens is 545 g/mol. The van der Waals surface area contributed by atoms with Crippen LogP contribution in [0.25, 0.3) is 11.0 Å². The van der Waals surface area contributed by atoms with E-state index in [1.165, 1.54) is 11.9 Å². The van der Waals surface area contributed by atoms with Gasteiger partial charge >= 0.3 is 0 Å². The van der Waals surface area contributed by atoms with E-state index in [0.717, 1.165) is 42.3 Å². The molecule has 1 fully saturated rings. The van der Waals surface area contributed by atoms with Crippen molar-refractivity contribution in [2.75, 3.05) is 45.1 Å². The molecule has 3 heterocycles. The summed E-state index contributed by atoms with van der Waals surface area (Å²) >= 11 is 0. The van der Waals surface area contributed by atoms with Crippen LogP contribution >= 0.6 is 24.0 Å². The number of amides is 1.